The SMILES string of the molecule is Clc1cccc(C2=NCCCN2)c1CSc1cccc2ccccc12. The monoisotopic (exact) mass is 366 g/mol. The second-order valence-corrected chi connectivity index (χ2v) is 7.47. The number of nitrogens with one attached hydrogen (secondary N) is 1. The molecule has 1 heterocycles. The molecule has 2 nitrogen and oxygen atoms in total. The summed E-state index contributed by atoms with van der Waals surface area (Å²) < 4.78 is 0. The molecule has 25 heavy (non-hydrogen) atoms. The molecule has 4 heteroatoms. The molecule has 0 spiro atoms. The van der Waals surface area contributed by atoms with E-state index >= 15 is 0 Å². The molecule has 0 aliphatic carbocycles. The average Bonchev–Trinajstić information content (AvgIpc) is 2.67. The van der Waals surface area contributed by atoms with Gasteiger partial charge in [-0.2, -0.15) is 0 Å². The van der Waals surface area contributed by atoms with E-state index in [0.29, 0.717) is 0 Å². The minimum absolute atomic E-state index is 0.806. The van der Waals surface area contributed by atoms with Gasteiger partial charge in [-0.05, 0) is 34.9 Å². The normalized spacial score (nSPS) is 14.2. The summed E-state index contributed by atoms with van der Waals surface area (Å²) in [6.07, 6.45) is 1.09. The van der Waals surface area contributed by atoms with E-state index in [1.807, 2.05) is 23.9 Å². The number of nitrogens with zero attached hydrogens (tertiary/aromatic N) is 1. The highest BCUT2D eigenvalue weighted by molar-refractivity contribution is 7.98. The third-order valence-electron chi connectivity index (χ3n) is 4.39. The highest BCUT2D eigenvalue weighted by Crippen LogP contribution is 2.33. The zero-order chi connectivity index (χ0) is 17.1. The number of hydrogen-bond donors (Lipinski definition) is 1. The Labute approximate surface area is 157 Å². The Bertz CT molecular complexity index is 931. The van der Waals surface area contributed by atoms with Crippen LogP contribution in [0.1, 0.15) is 17.5 Å². The Morgan fingerprint density at radius 3 is 2.72 bits per heavy atom. The van der Waals surface area contributed by atoms with Crippen LogP contribution in [0.15, 0.2) is 70.6 Å². The number of fused-ring (bicyclic) bond motifs is 1. The van der Waals surface area contributed by atoms with Crippen molar-refractivity contribution in [2.24, 2.45) is 4.99 Å². The van der Waals surface area contributed by atoms with E-state index in [1.165, 1.54) is 15.7 Å². The number of benzene rings is 3. The van der Waals surface area contributed by atoms with E-state index in [1.54, 1.807) is 0 Å². The number of thioether (sulfide) groups is 1. The summed E-state index contributed by atoms with van der Waals surface area (Å²) in [5, 5.41) is 6.78. The third kappa shape index (κ3) is 3.53. The van der Waals surface area contributed by atoms with Gasteiger partial charge in [0.25, 0.3) is 0 Å². The number of rotatable bonds is 4. The third-order valence-corrected chi connectivity index (χ3v) is 5.85. The number of aliphatic imine (C=N–C) groups is 1. The standard InChI is InChI=1S/C21H19ClN2S/c22-19-10-4-9-17(21-23-12-5-13-24-21)18(19)14-25-20-11-3-7-15-6-1-2-8-16(15)20/h1-4,6-11H,5,12-14H2,(H,23,24). The largest absolute Gasteiger partial charge is 0.370 e. The first-order chi connectivity index (χ1) is 12.3. The lowest BCUT2D eigenvalue weighted by Crippen LogP contribution is -2.31. The molecule has 0 unspecified atom stereocenters. The predicted octanol–water partition coefficient (Wildman–Crippen LogP) is 5.53. The van der Waals surface area contributed by atoms with Gasteiger partial charge in [0.2, 0.25) is 0 Å². The molecule has 0 radical (unpaired) electrons. The zero-order valence-electron chi connectivity index (χ0n) is 13.8. The van der Waals surface area contributed by atoms with E-state index in [4.69, 9.17) is 11.6 Å². The molecule has 0 amide bonds. The highest BCUT2D eigenvalue weighted by atomic mass is 35.5. The van der Waals surface area contributed by atoms with Crippen molar-refractivity contribution in [2.75, 3.05) is 13.1 Å². The molecule has 4 rings (SSSR count). The van der Waals surface area contributed by atoms with Crippen LogP contribution in [0.25, 0.3) is 10.8 Å². The molecule has 3 aromatic carbocycles. The van der Waals surface area contributed by atoms with Crippen molar-refractivity contribution < 1.29 is 0 Å². The van der Waals surface area contributed by atoms with Crippen molar-refractivity contribution in [1.29, 1.82) is 0 Å². The maximum Gasteiger partial charge on any atom is 0.128 e. The van der Waals surface area contributed by atoms with E-state index < -0.39 is 0 Å². The van der Waals surface area contributed by atoms with Crippen molar-refractivity contribution in [3.8, 4) is 0 Å². The molecule has 0 atom stereocenters. The van der Waals surface area contributed by atoms with Gasteiger partial charge in [-0.3, -0.25) is 4.99 Å². The lowest BCUT2D eigenvalue weighted by atomic mass is 10.1. The first-order valence-corrected chi connectivity index (χ1v) is 9.86. The Kier molecular flexibility index (Phi) is 4.95. The highest BCUT2D eigenvalue weighted by Gasteiger charge is 2.15. The van der Waals surface area contributed by atoms with Crippen LogP contribution in [0.3, 0.4) is 0 Å². The van der Waals surface area contributed by atoms with E-state index in [9.17, 15) is 0 Å². The molecule has 0 aromatic heterocycles. The summed E-state index contributed by atoms with van der Waals surface area (Å²) in [7, 11) is 0. The van der Waals surface area contributed by atoms with Gasteiger partial charge in [0.05, 0.1) is 0 Å². The first kappa shape index (κ1) is 16.5. The topological polar surface area (TPSA) is 24.4 Å². The summed E-state index contributed by atoms with van der Waals surface area (Å²) in [4.78, 5) is 5.92. The second-order valence-electron chi connectivity index (χ2n) is 6.04. The van der Waals surface area contributed by atoms with Gasteiger partial charge in [0, 0.05) is 34.3 Å². The van der Waals surface area contributed by atoms with Crippen LogP contribution in [0.2, 0.25) is 5.02 Å². The predicted molar refractivity (Wildman–Crippen MR) is 109 cm³/mol. The first-order valence-electron chi connectivity index (χ1n) is 8.49. The van der Waals surface area contributed by atoms with Crippen LogP contribution in [-0.2, 0) is 5.75 Å². The van der Waals surface area contributed by atoms with E-state index in [2.05, 4.69) is 58.8 Å². The fourth-order valence-corrected chi connectivity index (χ4v) is 4.56. The summed E-state index contributed by atoms with van der Waals surface area (Å²) in [6.45, 7) is 1.85. The molecule has 1 N–H and O–H groups in total. The van der Waals surface area contributed by atoms with Crippen LogP contribution in [0.4, 0.5) is 0 Å². The lowest BCUT2D eigenvalue weighted by molar-refractivity contribution is 0.742. The second kappa shape index (κ2) is 7.51. The fraction of sp³-hybridized carbons (Fsp3) is 0.190. The van der Waals surface area contributed by atoms with Crippen LogP contribution >= 0.6 is 23.4 Å². The van der Waals surface area contributed by atoms with Crippen molar-refractivity contribution in [3.63, 3.8) is 0 Å². The van der Waals surface area contributed by atoms with Gasteiger partial charge in [0.15, 0.2) is 0 Å². The number of hydrogen-bond acceptors (Lipinski definition) is 3. The molecule has 0 saturated heterocycles. The minimum atomic E-state index is 0.806. The van der Waals surface area contributed by atoms with Crippen molar-refractivity contribution in [2.45, 2.75) is 17.1 Å². The van der Waals surface area contributed by atoms with Gasteiger partial charge in [0.1, 0.15) is 5.84 Å². The molecule has 0 fully saturated rings. The van der Waals surface area contributed by atoms with Crippen molar-refractivity contribution in [3.05, 3.63) is 76.8 Å². The van der Waals surface area contributed by atoms with Crippen LogP contribution in [0, 0.1) is 0 Å². The maximum absolute atomic E-state index is 6.54. The zero-order valence-corrected chi connectivity index (χ0v) is 15.4. The Morgan fingerprint density at radius 1 is 1.00 bits per heavy atom. The molecular formula is C21H19ClN2S. The summed E-state index contributed by atoms with van der Waals surface area (Å²) in [5.74, 6) is 1.80. The molecule has 3 aromatic rings. The van der Waals surface area contributed by atoms with Crippen molar-refractivity contribution in [1.82, 2.24) is 5.32 Å². The Morgan fingerprint density at radius 2 is 1.84 bits per heavy atom. The molecule has 1 aliphatic rings. The van der Waals surface area contributed by atoms with Gasteiger partial charge in [-0.25, -0.2) is 0 Å². The minimum Gasteiger partial charge on any atom is -0.370 e. The van der Waals surface area contributed by atoms with Gasteiger partial charge >= 0.3 is 0 Å². The summed E-state index contributed by atoms with van der Waals surface area (Å²) >= 11 is 8.37. The van der Waals surface area contributed by atoms with Gasteiger partial charge in [-0.1, -0.05) is 60.1 Å². The quantitative estimate of drug-likeness (QED) is 0.614. The molecule has 1 aliphatic heterocycles. The maximum atomic E-state index is 6.54. The molecule has 0 saturated carbocycles. The average molecular weight is 367 g/mol. The van der Waals surface area contributed by atoms with Crippen LogP contribution < -0.4 is 5.32 Å². The summed E-state index contributed by atoms with van der Waals surface area (Å²) in [6, 6.07) is 21.0. The van der Waals surface area contributed by atoms with E-state index in [-0.39, 0.29) is 0 Å². The fourth-order valence-electron chi connectivity index (χ4n) is 3.11. The van der Waals surface area contributed by atoms with Crippen molar-refractivity contribution >= 4 is 40.0 Å². The number of halogens is 1. The number of amidine groups is 1. The van der Waals surface area contributed by atoms with Gasteiger partial charge in [-0.15, -0.1) is 11.8 Å². The van der Waals surface area contributed by atoms with E-state index in [0.717, 1.165) is 47.2 Å². The summed E-state index contributed by atoms with van der Waals surface area (Å²) in [5.41, 5.74) is 2.27. The smallest absolute Gasteiger partial charge is 0.128 e. The van der Waals surface area contributed by atoms with Gasteiger partial charge < -0.3 is 5.32 Å². The van der Waals surface area contributed by atoms with Crippen LogP contribution in [-0.4, -0.2) is 18.9 Å². The molecule has 0 bridgehead atoms. The lowest BCUT2D eigenvalue weighted by Gasteiger charge is -2.18. The Hall–Kier alpha value is -1.97. The van der Waals surface area contributed by atoms with Crippen LogP contribution in [0.5, 0.6) is 0 Å². The molecule has 126 valence electrons. The Balaban J connectivity index is 1.66. The molecular weight excluding hydrogens is 348 g/mol.